The quantitative estimate of drug-likeness (QED) is 0.524. The van der Waals surface area contributed by atoms with Crippen molar-refractivity contribution in [2.24, 2.45) is 11.5 Å². The molecule has 1 saturated heterocycles. The first-order valence-corrected chi connectivity index (χ1v) is 3.94. The molecule has 1 amide bonds. The van der Waals surface area contributed by atoms with Crippen molar-refractivity contribution in [3.05, 3.63) is 0 Å². The third-order valence-electron chi connectivity index (χ3n) is 1.88. The molecular weight excluding hydrogens is 158 g/mol. The Morgan fingerprint density at radius 3 is 2.75 bits per heavy atom. The lowest BCUT2D eigenvalue weighted by molar-refractivity contribution is -0.138. The first-order valence-electron chi connectivity index (χ1n) is 3.94. The minimum Gasteiger partial charge on any atom is -0.383 e. The predicted molar refractivity (Wildman–Crippen MR) is 44.4 cm³/mol. The highest BCUT2D eigenvalue weighted by atomic mass is 16.5. The number of nitrogens with zero attached hydrogens (tertiary/aromatic N) is 1. The molecule has 70 valence electrons. The molecule has 1 heterocycles. The van der Waals surface area contributed by atoms with E-state index in [9.17, 15) is 4.79 Å². The molecule has 0 aromatic rings. The molecule has 5 heteroatoms. The van der Waals surface area contributed by atoms with Gasteiger partial charge in [-0.2, -0.15) is 0 Å². The maximum absolute atomic E-state index is 11.3. The molecule has 1 atom stereocenters. The van der Waals surface area contributed by atoms with Crippen molar-refractivity contribution in [1.29, 1.82) is 0 Å². The van der Waals surface area contributed by atoms with Crippen LogP contribution in [0.3, 0.4) is 0 Å². The zero-order valence-corrected chi connectivity index (χ0v) is 7.19. The number of likely N-dealkylation sites (tertiary alicyclic amines) is 1. The van der Waals surface area contributed by atoms with Crippen molar-refractivity contribution >= 4 is 5.91 Å². The molecule has 0 aromatic heterocycles. The van der Waals surface area contributed by atoms with Gasteiger partial charge in [0.2, 0.25) is 5.91 Å². The van der Waals surface area contributed by atoms with Crippen LogP contribution in [0.15, 0.2) is 0 Å². The van der Waals surface area contributed by atoms with Gasteiger partial charge >= 0.3 is 0 Å². The highest BCUT2D eigenvalue weighted by Gasteiger charge is 2.30. The summed E-state index contributed by atoms with van der Waals surface area (Å²) in [6.07, 6.45) is 0. The van der Waals surface area contributed by atoms with Crippen molar-refractivity contribution in [3.8, 4) is 0 Å². The van der Waals surface area contributed by atoms with Crippen LogP contribution in [0.1, 0.15) is 0 Å². The first-order chi connectivity index (χ1) is 5.65. The molecule has 0 spiro atoms. The van der Waals surface area contributed by atoms with Crippen molar-refractivity contribution in [2.45, 2.75) is 12.1 Å². The fourth-order valence-electron chi connectivity index (χ4n) is 1.18. The lowest BCUT2D eigenvalue weighted by Crippen LogP contribution is -2.61. The van der Waals surface area contributed by atoms with Crippen molar-refractivity contribution in [3.63, 3.8) is 0 Å². The van der Waals surface area contributed by atoms with Gasteiger partial charge in [0.15, 0.2) is 0 Å². The van der Waals surface area contributed by atoms with Crippen LogP contribution in [0.4, 0.5) is 0 Å². The molecule has 0 saturated carbocycles. The molecule has 12 heavy (non-hydrogen) atoms. The van der Waals surface area contributed by atoms with Gasteiger partial charge in [0, 0.05) is 26.2 Å². The molecule has 1 aliphatic rings. The van der Waals surface area contributed by atoms with Crippen LogP contribution in [0.25, 0.3) is 0 Å². The predicted octanol–water partition coefficient (Wildman–Crippen LogP) is -1.87. The SMILES string of the molecule is COC[C@@H](N)C(=O)N1CC(N)C1. The lowest BCUT2D eigenvalue weighted by Gasteiger charge is -2.38. The van der Waals surface area contributed by atoms with Gasteiger partial charge in [0.1, 0.15) is 6.04 Å². The van der Waals surface area contributed by atoms with Gasteiger partial charge in [-0.3, -0.25) is 4.79 Å². The maximum atomic E-state index is 11.3. The van der Waals surface area contributed by atoms with Crippen molar-refractivity contribution in [2.75, 3.05) is 26.8 Å². The zero-order valence-electron chi connectivity index (χ0n) is 7.19. The smallest absolute Gasteiger partial charge is 0.241 e. The molecule has 0 bridgehead atoms. The normalized spacial score (nSPS) is 20.4. The van der Waals surface area contributed by atoms with E-state index < -0.39 is 6.04 Å². The number of ether oxygens (including phenoxy) is 1. The van der Waals surface area contributed by atoms with E-state index in [2.05, 4.69) is 0 Å². The second kappa shape index (κ2) is 3.84. The molecule has 1 aliphatic heterocycles. The number of carbonyl (C=O) groups excluding carboxylic acids is 1. The Bertz CT molecular complexity index is 161. The van der Waals surface area contributed by atoms with Crippen LogP contribution in [-0.2, 0) is 9.53 Å². The molecule has 5 nitrogen and oxygen atoms in total. The Kier molecular flexibility index (Phi) is 3.02. The largest absolute Gasteiger partial charge is 0.383 e. The standard InChI is InChI=1S/C7H15N3O2/c1-12-4-6(9)7(11)10-2-5(8)3-10/h5-6H,2-4,8-9H2,1H3/t6-/m1/s1. The average Bonchev–Trinajstić information content (AvgIpc) is 1.98. The van der Waals surface area contributed by atoms with Gasteiger partial charge < -0.3 is 21.1 Å². The van der Waals surface area contributed by atoms with Crippen LogP contribution in [0, 0.1) is 0 Å². The summed E-state index contributed by atoms with van der Waals surface area (Å²) in [4.78, 5) is 13.0. The number of methoxy groups -OCH3 is 1. The van der Waals surface area contributed by atoms with Gasteiger partial charge in [-0.15, -0.1) is 0 Å². The van der Waals surface area contributed by atoms with Gasteiger partial charge in [-0.1, -0.05) is 0 Å². The Morgan fingerprint density at radius 1 is 1.75 bits per heavy atom. The van der Waals surface area contributed by atoms with Crippen molar-refractivity contribution < 1.29 is 9.53 Å². The highest BCUT2D eigenvalue weighted by molar-refractivity contribution is 5.82. The summed E-state index contributed by atoms with van der Waals surface area (Å²) in [5, 5.41) is 0. The Hall–Kier alpha value is -0.650. The number of rotatable bonds is 3. The van der Waals surface area contributed by atoms with E-state index in [0.717, 1.165) is 0 Å². The van der Waals surface area contributed by atoms with Crippen LogP contribution in [0.2, 0.25) is 0 Å². The topological polar surface area (TPSA) is 81.6 Å². The zero-order chi connectivity index (χ0) is 9.14. The van der Waals surface area contributed by atoms with Crippen molar-refractivity contribution in [1.82, 2.24) is 4.90 Å². The van der Waals surface area contributed by atoms with E-state index in [1.54, 1.807) is 4.90 Å². The molecule has 0 radical (unpaired) electrons. The first kappa shape index (κ1) is 9.44. The highest BCUT2D eigenvalue weighted by Crippen LogP contribution is 2.06. The monoisotopic (exact) mass is 173 g/mol. The minimum atomic E-state index is -0.539. The average molecular weight is 173 g/mol. The Morgan fingerprint density at radius 2 is 2.33 bits per heavy atom. The fraction of sp³-hybridized carbons (Fsp3) is 0.857. The summed E-state index contributed by atoms with van der Waals surface area (Å²) < 4.78 is 4.77. The summed E-state index contributed by atoms with van der Waals surface area (Å²) in [5.74, 6) is -0.0708. The third-order valence-corrected chi connectivity index (χ3v) is 1.88. The summed E-state index contributed by atoms with van der Waals surface area (Å²) in [7, 11) is 1.52. The summed E-state index contributed by atoms with van der Waals surface area (Å²) in [6.45, 7) is 1.51. The second-order valence-corrected chi connectivity index (χ2v) is 3.07. The van der Waals surface area contributed by atoms with E-state index in [1.807, 2.05) is 0 Å². The van der Waals surface area contributed by atoms with E-state index in [4.69, 9.17) is 16.2 Å². The molecular formula is C7H15N3O2. The van der Waals surface area contributed by atoms with Crippen LogP contribution in [-0.4, -0.2) is 49.7 Å². The number of hydrogen-bond acceptors (Lipinski definition) is 4. The molecule has 0 unspecified atom stereocenters. The van der Waals surface area contributed by atoms with E-state index in [-0.39, 0.29) is 18.6 Å². The Labute approximate surface area is 71.6 Å². The molecule has 4 N–H and O–H groups in total. The fourth-order valence-corrected chi connectivity index (χ4v) is 1.18. The molecule has 0 aliphatic carbocycles. The summed E-state index contributed by atoms with van der Waals surface area (Å²) >= 11 is 0. The third kappa shape index (κ3) is 1.94. The second-order valence-electron chi connectivity index (χ2n) is 3.07. The summed E-state index contributed by atoms with van der Waals surface area (Å²) in [5.41, 5.74) is 11.0. The maximum Gasteiger partial charge on any atom is 0.241 e. The summed E-state index contributed by atoms with van der Waals surface area (Å²) in [6, 6.07) is -0.411. The number of hydrogen-bond donors (Lipinski definition) is 2. The molecule has 1 rings (SSSR count). The Balaban J connectivity index is 2.28. The van der Waals surface area contributed by atoms with Gasteiger partial charge in [0.25, 0.3) is 0 Å². The molecule has 1 fully saturated rings. The van der Waals surface area contributed by atoms with E-state index in [0.29, 0.717) is 13.1 Å². The van der Waals surface area contributed by atoms with Gasteiger partial charge in [-0.25, -0.2) is 0 Å². The van der Waals surface area contributed by atoms with Crippen LogP contribution in [0.5, 0.6) is 0 Å². The van der Waals surface area contributed by atoms with Gasteiger partial charge in [-0.05, 0) is 0 Å². The molecule has 0 aromatic carbocycles. The minimum absolute atomic E-state index is 0.0708. The van der Waals surface area contributed by atoms with Crippen LogP contribution >= 0.6 is 0 Å². The lowest BCUT2D eigenvalue weighted by atomic mass is 10.1. The number of amides is 1. The van der Waals surface area contributed by atoms with E-state index in [1.165, 1.54) is 7.11 Å². The number of nitrogens with two attached hydrogens (primary N) is 2. The van der Waals surface area contributed by atoms with Crippen LogP contribution < -0.4 is 11.5 Å². The number of carbonyl (C=O) groups is 1. The van der Waals surface area contributed by atoms with Gasteiger partial charge in [0.05, 0.1) is 6.61 Å². The van der Waals surface area contributed by atoms with E-state index >= 15 is 0 Å².